The Morgan fingerprint density at radius 3 is 2.57 bits per heavy atom. The van der Waals surface area contributed by atoms with Crippen LogP contribution in [-0.4, -0.2) is 29.8 Å². The van der Waals surface area contributed by atoms with Crippen LogP contribution in [0.5, 0.6) is 5.75 Å². The van der Waals surface area contributed by atoms with Crippen LogP contribution in [-0.2, 0) is 4.79 Å². The van der Waals surface area contributed by atoms with E-state index in [1.807, 2.05) is 26.0 Å². The quantitative estimate of drug-likeness (QED) is 0.876. The molecule has 2 atom stereocenters. The standard InChI is InChI=1S/C17H25NO3/c1-12-9-13(2)11-14(10-12)21-8-7-17(20)18-15-5-3-4-6-16(15)19/h9-11,15-16,19H,3-8H2,1-2H3,(H,18,20)/t15-,16-/m1/s1. The van der Waals surface area contributed by atoms with Crippen molar-refractivity contribution < 1.29 is 14.6 Å². The molecule has 0 unspecified atom stereocenters. The van der Waals surface area contributed by atoms with Gasteiger partial charge in [0.2, 0.25) is 5.91 Å². The number of carbonyl (C=O) groups excluding carboxylic acids is 1. The van der Waals surface area contributed by atoms with Crippen LogP contribution in [0, 0.1) is 13.8 Å². The van der Waals surface area contributed by atoms with Gasteiger partial charge in [0, 0.05) is 0 Å². The number of hydrogen-bond acceptors (Lipinski definition) is 3. The molecule has 2 rings (SSSR count). The van der Waals surface area contributed by atoms with Gasteiger partial charge in [0.1, 0.15) is 5.75 Å². The summed E-state index contributed by atoms with van der Waals surface area (Å²) in [6.45, 7) is 4.41. The Hall–Kier alpha value is -1.55. The first kappa shape index (κ1) is 15.8. The SMILES string of the molecule is Cc1cc(C)cc(OCCC(=O)N[C@@H]2CCCC[C@H]2O)c1. The fourth-order valence-corrected chi connectivity index (χ4v) is 2.84. The first-order valence-corrected chi connectivity index (χ1v) is 7.73. The fraction of sp³-hybridized carbons (Fsp3) is 0.588. The molecular weight excluding hydrogens is 266 g/mol. The normalized spacial score (nSPS) is 21.9. The van der Waals surface area contributed by atoms with Crippen molar-refractivity contribution in [2.45, 2.75) is 58.1 Å². The Kier molecular flexibility index (Phi) is 5.62. The maximum Gasteiger partial charge on any atom is 0.223 e. The number of aryl methyl sites for hydroxylation is 2. The highest BCUT2D eigenvalue weighted by molar-refractivity contribution is 5.76. The maximum absolute atomic E-state index is 11.9. The molecule has 0 aromatic heterocycles. The van der Waals surface area contributed by atoms with Gasteiger partial charge < -0.3 is 15.2 Å². The Labute approximate surface area is 126 Å². The number of rotatable bonds is 5. The van der Waals surface area contributed by atoms with Gasteiger partial charge in [0.25, 0.3) is 0 Å². The van der Waals surface area contributed by atoms with E-state index in [2.05, 4.69) is 11.4 Å². The highest BCUT2D eigenvalue weighted by Crippen LogP contribution is 2.19. The molecule has 0 heterocycles. The predicted molar refractivity (Wildman–Crippen MR) is 82.4 cm³/mol. The summed E-state index contributed by atoms with van der Waals surface area (Å²) in [4.78, 5) is 11.9. The van der Waals surface area contributed by atoms with E-state index in [1.165, 1.54) is 0 Å². The molecule has 0 spiro atoms. The Morgan fingerprint density at radius 1 is 1.24 bits per heavy atom. The molecular formula is C17H25NO3. The molecule has 0 aliphatic heterocycles. The zero-order valence-corrected chi connectivity index (χ0v) is 12.9. The van der Waals surface area contributed by atoms with Crippen molar-refractivity contribution in [3.8, 4) is 5.75 Å². The smallest absolute Gasteiger partial charge is 0.223 e. The molecule has 1 aromatic carbocycles. The van der Waals surface area contributed by atoms with Gasteiger partial charge in [-0.1, -0.05) is 18.9 Å². The number of benzene rings is 1. The average Bonchev–Trinajstić information content (AvgIpc) is 2.40. The van der Waals surface area contributed by atoms with E-state index < -0.39 is 6.10 Å². The maximum atomic E-state index is 11.9. The summed E-state index contributed by atoms with van der Waals surface area (Å²) < 4.78 is 5.63. The molecule has 4 heteroatoms. The van der Waals surface area contributed by atoms with Gasteiger partial charge in [0.15, 0.2) is 0 Å². The van der Waals surface area contributed by atoms with E-state index in [9.17, 15) is 9.90 Å². The third-order valence-corrected chi connectivity index (χ3v) is 3.87. The van der Waals surface area contributed by atoms with E-state index in [0.29, 0.717) is 13.0 Å². The van der Waals surface area contributed by atoms with Crippen LogP contribution in [0.1, 0.15) is 43.2 Å². The first-order chi connectivity index (χ1) is 10.0. The lowest BCUT2D eigenvalue weighted by Crippen LogP contribution is -2.45. The molecule has 116 valence electrons. The van der Waals surface area contributed by atoms with Crippen molar-refractivity contribution in [2.75, 3.05) is 6.61 Å². The summed E-state index contributed by atoms with van der Waals surface area (Å²) in [5, 5.41) is 12.7. The highest BCUT2D eigenvalue weighted by Gasteiger charge is 2.24. The Bertz CT molecular complexity index is 467. The van der Waals surface area contributed by atoms with Crippen molar-refractivity contribution in [1.29, 1.82) is 0 Å². The van der Waals surface area contributed by atoms with Crippen LogP contribution in [0.3, 0.4) is 0 Å². The molecule has 4 nitrogen and oxygen atoms in total. The van der Waals surface area contributed by atoms with Gasteiger partial charge in [-0.05, 0) is 49.9 Å². The number of ether oxygens (including phenoxy) is 1. The lowest BCUT2D eigenvalue weighted by Gasteiger charge is -2.28. The largest absolute Gasteiger partial charge is 0.493 e. The zero-order valence-electron chi connectivity index (χ0n) is 12.9. The van der Waals surface area contributed by atoms with E-state index in [4.69, 9.17) is 4.74 Å². The number of amides is 1. The summed E-state index contributed by atoms with van der Waals surface area (Å²) >= 11 is 0. The van der Waals surface area contributed by atoms with Gasteiger partial charge >= 0.3 is 0 Å². The molecule has 0 radical (unpaired) electrons. The minimum Gasteiger partial charge on any atom is -0.493 e. The van der Waals surface area contributed by atoms with Crippen LogP contribution in [0.2, 0.25) is 0 Å². The van der Waals surface area contributed by atoms with Crippen molar-refractivity contribution in [3.63, 3.8) is 0 Å². The molecule has 1 amide bonds. The van der Waals surface area contributed by atoms with Crippen LogP contribution < -0.4 is 10.1 Å². The number of aliphatic hydroxyl groups is 1. The van der Waals surface area contributed by atoms with E-state index in [0.717, 1.165) is 42.6 Å². The minimum absolute atomic E-state index is 0.0506. The fourth-order valence-electron chi connectivity index (χ4n) is 2.84. The van der Waals surface area contributed by atoms with Gasteiger partial charge in [-0.25, -0.2) is 0 Å². The molecule has 0 saturated heterocycles. The predicted octanol–water partition coefficient (Wildman–Crippen LogP) is 2.49. The van der Waals surface area contributed by atoms with E-state index in [-0.39, 0.29) is 11.9 Å². The van der Waals surface area contributed by atoms with Crippen molar-refractivity contribution in [3.05, 3.63) is 29.3 Å². The summed E-state index contributed by atoms with van der Waals surface area (Å²) in [5.74, 6) is 0.753. The number of carbonyl (C=O) groups is 1. The monoisotopic (exact) mass is 291 g/mol. The molecule has 2 N–H and O–H groups in total. The Morgan fingerprint density at radius 2 is 1.90 bits per heavy atom. The van der Waals surface area contributed by atoms with Gasteiger partial charge in [0.05, 0.1) is 25.2 Å². The first-order valence-electron chi connectivity index (χ1n) is 7.73. The van der Waals surface area contributed by atoms with Crippen molar-refractivity contribution in [1.82, 2.24) is 5.32 Å². The summed E-state index contributed by atoms with van der Waals surface area (Å²) in [7, 11) is 0. The second-order valence-corrected chi connectivity index (χ2v) is 5.95. The van der Waals surface area contributed by atoms with Gasteiger partial charge in [-0.2, -0.15) is 0 Å². The van der Waals surface area contributed by atoms with Gasteiger partial charge in [-0.15, -0.1) is 0 Å². The number of aliphatic hydroxyl groups excluding tert-OH is 1. The summed E-state index contributed by atoms with van der Waals surface area (Å²) in [5.41, 5.74) is 2.31. The van der Waals surface area contributed by atoms with Crippen LogP contribution >= 0.6 is 0 Å². The molecule has 1 aromatic rings. The molecule has 1 saturated carbocycles. The summed E-state index contributed by atoms with van der Waals surface area (Å²) in [6, 6.07) is 5.93. The van der Waals surface area contributed by atoms with Crippen molar-refractivity contribution in [2.24, 2.45) is 0 Å². The van der Waals surface area contributed by atoms with Crippen LogP contribution in [0.25, 0.3) is 0 Å². The third kappa shape index (κ3) is 5.05. The number of hydrogen-bond donors (Lipinski definition) is 2. The lowest BCUT2D eigenvalue weighted by molar-refractivity contribution is -0.123. The zero-order chi connectivity index (χ0) is 15.2. The second kappa shape index (κ2) is 7.46. The highest BCUT2D eigenvalue weighted by atomic mass is 16.5. The third-order valence-electron chi connectivity index (χ3n) is 3.87. The van der Waals surface area contributed by atoms with Crippen molar-refractivity contribution >= 4 is 5.91 Å². The summed E-state index contributed by atoms with van der Waals surface area (Å²) in [6.07, 6.45) is 3.68. The molecule has 1 aliphatic carbocycles. The van der Waals surface area contributed by atoms with E-state index >= 15 is 0 Å². The van der Waals surface area contributed by atoms with Gasteiger partial charge in [-0.3, -0.25) is 4.79 Å². The molecule has 21 heavy (non-hydrogen) atoms. The minimum atomic E-state index is -0.400. The number of nitrogens with one attached hydrogen (secondary N) is 1. The Balaban J connectivity index is 1.73. The lowest BCUT2D eigenvalue weighted by atomic mass is 9.92. The second-order valence-electron chi connectivity index (χ2n) is 5.95. The topological polar surface area (TPSA) is 58.6 Å². The van der Waals surface area contributed by atoms with Crippen LogP contribution in [0.4, 0.5) is 0 Å². The van der Waals surface area contributed by atoms with E-state index in [1.54, 1.807) is 0 Å². The molecule has 1 fully saturated rings. The average molecular weight is 291 g/mol. The molecule has 0 bridgehead atoms. The van der Waals surface area contributed by atoms with Crippen LogP contribution in [0.15, 0.2) is 18.2 Å². The molecule has 1 aliphatic rings.